The van der Waals surface area contributed by atoms with Crippen molar-refractivity contribution in [1.29, 1.82) is 0 Å². The average Bonchev–Trinajstić information content (AvgIpc) is 2.67. The van der Waals surface area contributed by atoms with Crippen LogP contribution in [0.3, 0.4) is 0 Å². The van der Waals surface area contributed by atoms with Gasteiger partial charge >= 0.3 is 5.97 Å². The zero-order valence-corrected chi connectivity index (χ0v) is 14.6. The number of nitrogens with zero attached hydrogens (tertiary/aromatic N) is 3. The number of amides is 1. The Morgan fingerprint density at radius 1 is 1.24 bits per heavy atom. The van der Waals surface area contributed by atoms with Gasteiger partial charge < -0.3 is 14.5 Å². The van der Waals surface area contributed by atoms with E-state index in [9.17, 15) is 9.59 Å². The predicted octanol–water partition coefficient (Wildman–Crippen LogP) is 0.640. The highest BCUT2D eigenvalue weighted by molar-refractivity contribution is 6.08. The summed E-state index contributed by atoms with van der Waals surface area (Å²) < 4.78 is 4.83. The molecule has 2 aliphatic rings. The van der Waals surface area contributed by atoms with Gasteiger partial charge in [-0.3, -0.25) is 14.9 Å². The van der Waals surface area contributed by atoms with Crippen LogP contribution in [-0.4, -0.2) is 67.5 Å². The van der Waals surface area contributed by atoms with Crippen LogP contribution in [0.2, 0.25) is 0 Å². The molecule has 0 radical (unpaired) electrons. The van der Waals surface area contributed by atoms with Crippen molar-refractivity contribution in [2.24, 2.45) is 10.9 Å². The maximum Gasteiger partial charge on any atom is 0.320 e. The van der Waals surface area contributed by atoms with Crippen LogP contribution in [0.1, 0.15) is 18.5 Å². The molecule has 0 bridgehead atoms. The predicted molar refractivity (Wildman–Crippen MR) is 94.0 cm³/mol. The van der Waals surface area contributed by atoms with Gasteiger partial charge in [0, 0.05) is 26.2 Å². The van der Waals surface area contributed by atoms with Crippen LogP contribution in [0.25, 0.3) is 0 Å². The molecule has 1 fully saturated rings. The van der Waals surface area contributed by atoms with Crippen LogP contribution in [0.5, 0.6) is 0 Å². The van der Waals surface area contributed by atoms with Gasteiger partial charge in [0.1, 0.15) is 6.04 Å². The number of benzene rings is 1. The van der Waals surface area contributed by atoms with Crippen molar-refractivity contribution in [2.75, 3.05) is 39.8 Å². The normalized spacial score (nSPS) is 24.5. The Morgan fingerprint density at radius 2 is 1.92 bits per heavy atom. The molecule has 1 aromatic carbocycles. The molecule has 25 heavy (non-hydrogen) atoms. The van der Waals surface area contributed by atoms with E-state index in [1.807, 2.05) is 30.3 Å². The molecule has 0 unspecified atom stereocenters. The zero-order chi connectivity index (χ0) is 17.8. The van der Waals surface area contributed by atoms with Gasteiger partial charge in [0.05, 0.1) is 7.11 Å². The van der Waals surface area contributed by atoms with Crippen LogP contribution < -0.4 is 5.32 Å². The average molecular weight is 344 g/mol. The fourth-order valence-corrected chi connectivity index (χ4v) is 3.29. The Hall–Kier alpha value is -2.41. The molecule has 1 aromatic rings. The highest BCUT2D eigenvalue weighted by Gasteiger charge is 2.41. The molecule has 3 rings (SSSR count). The lowest BCUT2D eigenvalue weighted by Crippen LogP contribution is -2.57. The maximum absolute atomic E-state index is 12.6. The maximum atomic E-state index is 12.6. The highest BCUT2D eigenvalue weighted by atomic mass is 16.5. The lowest BCUT2D eigenvalue weighted by molar-refractivity contribution is -0.151. The SMILES string of the molecule is CCN1CCN(C2=N[C@@H](c3ccccc3)[C@@H](C(=O)OC)C(=O)N2)CC1. The zero-order valence-electron chi connectivity index (χ0n) is 14.6. The number of likely N-dealkylation sites (N-methyl/N-ethyl adjacent to an activating group) is 1. The summed E-state index contributed by atoms with van der Waals surface area (Å²) in [6.07, 6.45) is 0. The minimum atomic E-state index is -0.965. The molecule has 134 valence electrons. The summed E-state index contributed by atoms with van der Waals surface area (Å²) in [6, 6.07) is 8.86. The van der Waals surface area contributed by atoms with Gasteiger partial charge in [-0.05, 0) is 12.1 Å². The Morgan fingerprint density at radius 3 is 2.52 bits per heavy atom. The number of hydrogen-bond acceptors (Lipinski definition) is 6. The first-order chi connectivity index (χ1) is 12.1. The number of guanidine groups is 1. The summed E-state index contributed by atoms with van der Waals surface area (Å²) in [6.45, 7) is 6.63. The number of nitrogens with one attached hydrogen (secondary N) is 1. The van der Waals surface area contributed by atoms with Gasteiger partial charge in [-0.25, -0.2) is 4.99 Å². The molecule has 1 saturated heterocycles. The largest absolute Gasteiger partial charge is 0.468 e. The second-order valence-electron chi connectivity index (χ2n) is 6.22. The van der Waals surface area contributed by atoms with E-state index in [4.69, 9.17) is 9.73 Å². The van der Waals surface area contributed by atoms with E-state index in [0.717, 1.165) is 38.3 Å². The standard InChI is InChI=1S/C18H24N4O3/c1-3-21-9-11-22(12-10-21)18-19-15(13-7-5-4-6-8-13)14(16(23)20-18)17(24)25-2/h4-8,14-15H,3,9-12H2,1-2H3,(H,19,20,23)/t14-,15+/m1/s1. The fourth-order valence-electron chi connectivity index (χ4n) is 3.29. The summed E-state index contributed by atoms with van der Waals surface area (Å²) in [5, 5.41) is 2.80. The molecule has 2 atom stereocenters. The molecule has 0 aliphatic carbocycles. The van der Waals surface area contributed by atoms with Crippen molar-refractivity contribution in [3.8, 4) is 0 Å². The van der Waals surface area contributed by atoms with Crippen LogP contribution >= 0.6 is 0 Å². The van der Waals surface area contributed by atoms with Crippen molar-refractivity contribution in [2.45, 2.75) is 13.0 Å². The van der Waals surface area contributed by atoms with E-state index in [1.54, 1.807) is 0 Å². The fraction of sp³-hybridized carbons (Fsp3) is 0.500. The Balaban J connectivity index is 1.89. The van der Waals surface area contributed by atoms with E-state index in [1.165, 1.54) is 7.11 Å². The summed E-state index contributed by atoms with van der Waals surface area (Å²) in [5.74, 6) is -1.34. The third kappa shape index (κ3) is 3.66. The summed E-state index contributed by atoms with van der Waals surface area (Å²) in [7, 11) is 1.29. The second kappa shape index (κ2) is 7.65. The minimum absolute atomic E-state index is 0.358. The number of methoxy groups -OCH3 is 1. The van der Waals surface area contributed by atoms with Gasteiger partial charge in [-0.2, -0.15) is 0 Å². The lowest BCUT2D eigenvalue weighted by atomic mass is 9.91. The van der Waals surface area contributed by atoms with Crippen LogP contribution in [0, 0.1) is 5.92 Å². The van der Waals surface area contributed by atoms with Crippen molar-refractivity contribution >= 4 is 17.8 Å². The van der Waals surface area contributed by atoms with Crippen molar-refractivity contribution in [3.05, 3.63) is 35.9 Å². The number of esters is 1. The quantitative estimate of drug-likeness (QED) is 0.643. The van der Waals surface area contributed by atoms with Crippen LogP contribution in [0.15, 0.2) is 35.3 Å². The van der Waals surface area contributed by atoms with Gasteiger partial charge in [0.2, 0.25) is 11.9 Å². The third-order valence-electron chi connectivity index (χ3n) is 4.81. The molecule has 1 amide bonds. The molecule has 0 saturated carbocycles. The number of carbonyl (C=O) groups is 2. The Kier molecular flexibility index (Phi) is 5.33. The molecule has 7 nitrogen and oxygen atoms in total. The summed E-state index contributed by atoms with van der Waals surface area (Å²) in [4.78, 5) is 33.9. The Labute approximate surface area is 147 Å². The minimum Gasteiger partial charge on any atom is -0.468 e. The number of hydrogen-bond donors (Lipinski definition) is 1. The van der Waals surface area contributed by atoms with Crippen LogP contribution in [-0.2, 0) is 14.3 Å². The molecular formula is C18H24N4O3. The van der Waals surface area contributed by atoms with Gasteiger partial charge in [-0.15, -0.1) is 0 Å². The molecular weight excluding hydrogens is 320 g/mol. The Bertz CT molecular complexity index is 654. The summed E-state index contributed by atoms with van der Waals surface area (Å²) in [5.41, 5.74) is 0.831. The monoisotopic (exact) mass is 344 g/mol. The van der Waals surface area contributed by atoms with E-state index < -0.39 is 17.9 Å². The molecule has 7 heteroatoms. The second-order valence-corrected chi connectivity index (χ2v) is 6.22. The highest BCUT2D eigenvalue weighted by Crippen LogP contribution is 2.30. The molecule has 0 aromatic heterocycles. The van der Waals surface area contributed by atoms with Crippen LogP contribution in [0.4, 0.5) is 0 Å². The van der Waals surface area contributed by atoms with E-state index in [-0.39, 0.29) is 5.91 Å². The summed E-state index contributed by atoms with van der Waals surface area (Å²) >= 11 is 0. The number of piperazine rings is 1. The molecule has 2 heterocycles. The molecule has 1 N–H and O–H groups in total. The third-order valence-corrected chi connectivity index (χ3v) is 4.81. The van der Waals surface area contributed by atoms with Gasteiger partial charge in [-0.1, -0.05) is 37.3 Å². The lowest BCUT2D eigenvalue weighted by Gasteiger charge is -2.38. The number of aliphatic imine (C=N–C) groups is 1. The molecule has 0 spiro atoms. The van der Waals surface area contributed by atoms with Gasteiger partial charge in [0.15, 0.2) is 5.92 Å². The van der Waals surface area contributed by atoms with Crippen molar-refractivity contribution in [1.82, 2.24) is 15.1 Å². The topological polar surface area (TPSA) is 74.2 Å². The van der Waals surface area contributed by atoms with E-state index in [2.05, 4.69) is 22.0 Å². The first-order valence-electron chi connectivity index (χ1n) is 8.62. The first-order valence-corrected chi connectivity index (χ1v) is 8.62. The number of rotatable bonds is 3. The number of ether oxygens (including phenoxy) is 1. The van der Waals surface area contributed by atoms with Crippen molar-refractivity contribution < 1.29 is 14.3 Å². The van der Waals surface area contributed by atoms with E-state index >= 15 is 0 Å². The van der Waals surface area contributed by atoms with Crippen molar-refractivity contribution in [3.63, 3.8) is 0 Å². The smallest absolute Gasteiger partial charge is 0.320 e. The molecule has 2 aliphatic heterocycles. The van der Waals surface area contributed by atoms with E-state index in [0.29, 0.717) is 5.96 Å². The van der Waals surface area contributed by atoms with Gasteiger partial charge in [0.25, 0.3) is 0 Å². The first kappa shape index (κ1) is 17.4. The number of carbonyl (C=O) groups excluding carboxylic acids is 2.